The van der Waals surface area contributed by atoms with Crippen molar-refractivity contribution in [3.63, 3.8) is 0 Å². The first kappa shape index (κ1) is 14.9. The quantitative estimate of drug-likeness (QED) is 0.689. The van der Waals surface area contributed by atoms with Gasteiger partial charge in [0.2, 0.25) is 5.75 Å². The van der Waals surface area contributed by atoms with Crippen LogP contribution in [-0.2, 0) is 6.61 Å². The van der Waals surface area contributed by atoms with Gasteiger partial charge < -0.3 is 9.84 Å². The van der Waals surface area contributed by atoms with Crippen molar-refractivity contribution in [1.29, 1.82) is 0 Å². The maximum atomic E-state index is 13.4. The standard InChI is InChI=1S/C15H14FNO4/c1-9-3-10(2)15(14(4-9)17(19)20)21-13-6-11(8-18)5-12(16)7-13/h3-7,18H,8H2,1-2H3. The first-order chi connectivity index (χ1) is 9.90. The maximum absolute atomic E-state index is 13.4. The molecule has 0 bridgehead atoms. The fraction of sp³-hybridized carbons (Fsp3) is 0.200. The zero-order valence-electron chi connectivity index (χ0n) is 11.6. The molecule has 2 aromatic carbocycles. The molecular weight excluding hydrogens is 277 g/mol. The number of nitro groups is 1. The summed E-state index contributed by atoms with van der Waals surface area (Å²) >= 11 is 0. The molecule has 110 valence electrons. The number of nitrogens with zero attached hydrogens (tertiary/aromatic N) is 1. The van der Waals surface area contributed by atoms with E-state index in [1.54, 1.807) is 19.9 Å². The summed E-state index contributed by atoms with van der Waals surface area (Å²) in [5.74, 6) is -0.404. The number of aryl methyl sites for hydroxylation is 2. The number of halogens is 1. The van der Waals surface area contributed by atoms with Crippen molar-refractivity contribution < 1.29 is 19.2 Å². The van der Waals surface area contributed by atoms with Gasteiger partial charge in [0.1, 0.15) is 11.6 Å². The Morgan fingerprint density at radius 2 is 1.95 bits per heavy atom. The monoisotopic (exact) mass is 291 g/mol. The van der Waals surface area contributed by atoms with Crippen LogP contribution in [0.1, 0.15) is 16.7 Å². The Hall–Kier alpha value is -2.47. The van der Waals surface area contributed by atoms with E-state index >= 15 is 0 Å². The Bertz CT molecular complexity index is 700. The van der Waals surface area contributed by atoms with E-state index < -0.39 is 10.7 Å². The van der Waals surface area contributed by atoms with Gasteiger partial charge in [0.25, 0.3) is 0 Å². The molecule has 1 N–H and O–H groups in total. The molecule has 0 heterocycles. The second kappa shape index (κ2) is 5.88. The maximum Gasteiger partial charge on any atom is 0.312 e. The van der Waals surface area contributed by atoms with Gasteiger partial charge in [-0.3, -0.25) is 10.1 Å². The molecular formula is C15H14FNO4. The van der Waals surface area contributed by atoms with Gasteiger partial charge in [-0.05, 0) is 42.7 Å². The molecule has 0 unspecified atom stereocenters. The molecule has 0 aliphatic rings. The molecule has 0 fully saturated rings. The number of nitro benzene ring substituents is 1. The van der Waals surface area contributed by atoms with Crippen LogP contribution in [0.3, 0.4) is 0 Å². The van der Waals surface area contributed by atoms with E-state index in [2.05, 4.69) is 0 Å². The number of aliphatic hydroxyl groups is 1. The van der Waals surface area contributed by atoms with Gasteiger partial charge >= 0.3 is 5.69 Å². The van der Waals surface area contributed by atoms with Crippen molar-refractivity contribution in [2.45, 2.75) is 20.5 Å². The highest BCUT2D eigenvalue weighted by Gasteiger charge is 2.19. The first-order valence-electron chi connectivity index (χ1n) is 6.24. The van der Waals surface area contributed by atoms with Gasteiger partial charge in [0.15, 0.2) is 0 Å². The fourth-order valence-electron chi connectivity index (χ4n) is 2.09. The van der Waals surface area contributed by atoms with Crippen molar-refractivity contribution in [3.8, 4) is 11.5 Å². The van der Waals surface area contributed by atoms with Gasteiger partial charge in [-0.2, -0.15) is 0 Å². The summed E-state index contributed by atoms with van der Waals surface area (Å²) in [6, 6.07) is 6.86. The Balaban J connectivity index is 2.48. The number of benzene rings is 2. The zero-order valence-corrected chi connectivity index (χ0v) is 11.6. The first-order valence-corrected chi connectivity index (χ1v) is 6.24. The number of hydrogen-bond acceptors (Lipinski definition) is 4. The molecule has 0 aliphatic carbocycles. The highest BCUT2D eigenvalue weighted by molar-refractivity contribution is 5.55. The normalized spacial score (nSPS) is 10.5. The van der Waals surface area contributed by atoms with Crippen LogP contribution in [0.15, 0.2) is 30.3 Å². The second-order valence-electron chi connectivity index (χ2n) is 4.74. The van der Waals surface area contributed by atoms with Crippen molar-refractivity contribution in [2.75, 3.05) is 0 Å². The van der Waals surface area contributed by atoms with Crippen molar-refractivity contribution in [2.24, 2.45) is 0 Å². The Kier molecular flexibility index (Phi) is 4.18. The summed E-state index contributed by atoms with van der Waals surface area (Å²) in [6.07, 6.45) is 0. The van der Waals surface area contributed by atoms with Crippen LogP contribution in [0.25, 0.3) is 0 Å². The lowest BCUT2D eigenvalue weighted by Crippen LogP contribution is -1.98. The topological polar surface area (TPSA) is 72.6 Å². The Morgan fingerprint density at radius 3 is 2.57 bits per heavy atom. The van der Waals surface area contributed by atoms with Gasteiger partial charge in [0.05, 0.1) is 11.5 Å². The number of hydrogen-bond donors (Lipinski definition) is 1. The lowest BCUT2D eigenvalue weighted by Gasteiger charge is -2.11. The molecule has 0 aromatic heterocycles. The molecule has 6 heteroatoms. The smallest absolute Gasteiger partial charge is 0.312 e. The van der Waals surface area contributed by atoms with Gasteiger partial charge in [-0.1, -0.05) is 6.07 Å². The lowest BCUT2D eigenvalue weighted by atomic mass is 10.1. The van der Waals surface area contributed by atoms with E-state index in [9.17, 15) is 14.5 Å². The second-order valence-corrected chi connectivity index (χ2v) is 4.74. The van der Waals surface area contributed by atoms with E-state index in [1.807, 2.05) is 0 Å². The molecule has 0 aliphatic heterocycles. The zero-order chi connectivity index (χ0) is 15.6. The fourth-order valence-corrected chi connectivity index (χ4v) is 2.09. The molecule has 2 aromatic rings. The molecule has 0 atom stereocenters. The molecule has 5 nitrogen and oxygen atoms in total. The lowest BCUT2D eigenvalue weighted by molar-refractivity contribution is -0.385. The van der Waals surface area contributed by atoms with E-state index in [4.69, 9.17) is 9.84 Å². The van der Waals surface area contributed by atoms with Gasteiger partial charge in [-0.25, -0.2) is 4.39 Å². The van der Waals surface area contributed by atoms with Gasteiger partial charge in [-0.15, -0.1) is 0 Å². The average molecular weight is 291 g/mol. The Morgan fingerprint density at radius 1 is 1.24 bits per heavy atom. The summed E-state index contributed by atoms with van der Waals surface area (Å²) in [5, 5.41) is 20.2. The van der Waals surface area contributed by atoms with Crippen molar-refractivity contribution in [3.05, 3.63) is 63.0 Å². The minimum atomic E-state index is -0.580. The molecule has 0 spiro atoms. The molecule has 0 radical (unpaired) electrons. The van der Waals surface area contributed by atoms with Crippen LogP contribution >= 0.6 is 0 Å². The highest BCUT2D eigenvalue weighted by Crippen LogP contribution is 2.36. The third-order valence-electron chi connectivity index (χ3n) is 2.93. The molecule has 2 rings (SSSR count). The SMILES string of the molecule is Cc1cc(C)c(Oc2cc(F)cc(CO)c2)c([N+](=O)[O-])c1. The van der Waals surface area contributed by atoms with E-state index in [0.717, 1.165) is 11.6 Å². The molecule has 0 amide bonds. The van der Waals surface area contributed by atoms with Crippen LogP contribution in [0.4, 0.5) is 10.1 Å². The average Bonchev–Trinajstić information content (AvgIpc) is 2.40. The van der Waals surface area contributed by atoms with E-state index in [0.29, 0.717) is 11.1 Å². The van der Waals surface area contributed by atoms with Crippen LogP contribution < -0.4 is 4.74 Å². The van der Waals surface area contributed by atoms with E-state index in [1.165, 1.54) is 18.2 Å². The van der Waals surface area contributed by atoms with Crippen LogP contribution in [0.2, 0.25) is 0 Å². The summed E-state index contributed by atoms with van der Waals surface area (Å²) < 4.78 is 18.9. The summed E-state index contributed by atoms with van der Waals surface area (Å²) in [5.41, 5.74) is 1.47. The summed E-state index contributed by atoms with van der Waals surface area (Å²) in [6.45, 7) is 3.08. The third kappa shape index (κ3) is 3.35. The van der Waals surface area contributed by atoms with Crippen molar-refractivity contribution >= 4 is 5.69 Å². The van der Waals surface area contributed by atoms with Crippen LogP contribution in [0, 0.1) is 29.8 Å². The van der Waals surface area contributed by atoms with Crippen LogP contribution in [-0.4, -0.2) is 10.0 Å². The predicted molar refractivity (Wildman–Crippen MR) is 75.0 cm³/mol. The highest BCUT2D eigenvalue weighted by atomic mass is 19.1. The number of rotatable bonds is 4. The van der Waals surface area contributed by atoms with Crippen molar-refractivity contribution in [1.82, 2.24) is 0 Å². The molecule has 0 saturated carbocycles. The third-order valence-corrected chi connectivity index (χ3v) is 2.93. The summed E-state index contributed by atoms with van der Waals surface area (Å²) in [7, 11) is 0. The van der Waals surface area contributed by atoms with Crippen LogP contribution in [0.5, 0.6) is 11.5 Å². The Labute approximate surface area is 120 Å². The number of aliphatic hydroxyl groups excluding tert-OH is 1. The minimum absolute atomic E-state index is 0.0695. The molecule has 0 saturated heterocycles. The minimum Gasteiger partial charge on any atom is -0.450 e. The van der Waals surface area contributed by atoms with Gasteiger partial charge in [0, 0.05) is 12.1 Å². The summed E-state index contributed by atoms with van der Waals surface area (Å²) in [4.78, 5) is 10.6. The van der Waals surface area contributed by atoms with E-state index in [-0.39, 0.29) is 23.8 Å². The predicted octanol–water partition coefficient (Wildman–Crippen LogP) is 3.64. The largest absolute Gasteiger partial charge is 0.450 e. The number of ether oxygens (including phenoxy) is 1. The molecule has 21 heavy (non-hydrogen) atoms.